The number of nitrogens with zero attached hydrogens (tertiary/aromatic N) is 1. The number of hydrogen-bond acceptors (Lipinski definition) is 4. The van der Waals surface area contributed by atoms with Gasteiger partial charge in [-0.1, -0.05) is 0 Å². The normalized spacial score (nSPS) is 6.81. The number of hydrogen-bond donors (Lipinski definition) is 5. The van der Waals surface area contributed by atoms with Crippen molar-refractivity contribution in [2.45, 2.75) is 0 Å². The van der Waals surface area contributed by atoms with E-state index in [9.17, 15) is 0 Å². The van der Waals surface area contributed by atoms with Crippen molar-refractivity contribution in [3.05, 3.63) is 29.0 Å². The molecule has 0 atom stereocenters. The quantitative estimate of drug-likeness (QED) is 0.487. The van der Waals surface area contributed by atoms with Gasteiger partial charge >= 0.3 is 12.3 Å². The summed E-state index contributed by atoms with van der Waals surface area (Å²) in [7, 11) is 0. The van der Waals surface area contributed by atoms with Gasteiger partial charge in [0.25, 0.3) is 0 Å². The van der Waals surface area contributed by atoms with E-state index in [4.69, 9.17) is 30.0 Å². The third-order valence-electron chi connectivity index (χ3n) is 0.625. The summed E-state index contributed by atoms with van der Waals surface area (Å²) in [5.74, 6) is 0. The molecule has 16 heavy (non-hydrogen) atoms. The first-order valence-corrected chi connectivity index (χ1v) is 4.05. The summed E-state index contributed by atoms with van der Waals surface area (Å²) in [6, 6.07) is 3.82. The third kappa shape index (κ3) is 40.0. The van der Waals surface area contributed by atoms with Crippen molar-refractivity contribution in [3.63, 3.8) is 0 Å². The summed E-state index contributed by atoms with van der Waals surface area (Å²) >= 11 is 3.25. The zero-order valence-corrected chi connectivity index (χ0v) is 9.53. The first-order valence-electron chi connectivity index (χ1n) is 3.25. The van der Waals surface area contributed by atoms with Crippen molar-refractivity contribution in [2.75, 3.05) is 0 Å². The van der Waals surface area contributed by atoms with E-state index in [2.05, 4.69) is 20.9 Å². The Morgan fingerprint density at radius 3 is 1.62 bits per heavy atom. The Hall–Kier alpha value is -1.87. The molecule has 0 aromatic carbocycles. The Morgan fingerprint density at radius 2 is 1.50 bits per heavy atom. The van der Waals surface area contributed by atoms with Gasteiger partial charge in [-0.25, -0.2) is 9.59 Å². The molecule has 0 radical (unpaired) electrons. The molecule has 1 rings (SSSR count). The molecule has 1 heterocycles. The standard InChI is InChI=1S/C5H4BrN.2CH2O3.H3N/c6-5-2-1-3-7-4-5;2*2-1(3)4;/h1-4H;2*(H2,2,3,4);1H3. The van der Waals surface area contributed by atoms with E-state index in [-0.39, 0.29) is 6.15 Å². The van der Waals surface area contributed by atoms with Crippen LogP contribution in [-0.2, 0) is 0 Å². The van der Waals surface area contributed by atoms with Crippen molar-refractivity contribution < 1.29 is 30.0 Å². The first kappa shape index (κ1) is 19.7. The molecule has 1 aromatic rings. The minimum absolute atomic E-state index is 0. The zero-order chi connectivity index (χ0) is 12.3. The Morgan fingerprint density at radius 1 is 1.12 bits per heavy atom. The van der Waals surface area contributed by atoms with Crippen LogP contribution < -0.4 is 6.15 Å². The van der Waals surface area contributed by atoms with E-state index in [0.717, 1.165) is 4.47 Å². The maximum absolute atomic E-state index is 8.56. The van der Waals surface area contributed by atoms with E-state index < -0.39 is 12.3 Å². The van der Waals surface area contributed by atoms with E-state index in [1.807, 2.05) is 12.1 Å². The van der Waals surface area contributed by atoms with Crippen molar-refractivity contribution in [3.8, 4) is 0 Å². The highest BCUT2D eigenvalue weighted by Gasteiger charge is 1.75. The number of rotatable bonds is 0. The van der Waals surface area contributed by atoms with Crippen LogP contribution in [0.2, 0.25) is 0 Å². The maximum atomic E-state index is 8.56. The number of carbonyl (C=O) groups is 2. The van der Waals surface area contributed by atoms with Crippen molar-refractivity contribution in [2.24, 2.45) is 0 Å². The molecule has 9 heteroatoms. The van der Waals surface area contributed by atoms with E-state index in [0.29, 0.717) is 0 Å². The fraction of sp³-hybridized carbons (Fsp3) is 0. The minimum atomic E-state index is -1.83. The van der Waals surface area contributed by atoms with Crippen LogP contribution >= 0.6 is 15.9 Å². The first-order chi connectivity index (χ1) is 6.86. The molecule has 0 amide bonds. The van der Waals surface area contributed by atoms with Gasteiger partial charge in [0, 0.05) is 16.9 Å². The second kappa shape index (κ2) is 13.1. The minimum Gasteiger partial charge on any atom is -0.450 e. The second-order valence-corrected chi connectivity index (χ2v) is 2.65. The number of pyridine rings is 1. The van der Waals surface area contributed by atoms with Gasteiger partial charge in [-0.15, -0.1) is 0 Å². The molecule has 0 saturated heterocycles. The summed E-state index contributed by atoms with van der Waals surface area (Å²) in [4.78, 5) is 20.9. The Labute approximate surface area is 98.9 Å². The van der Waals surface area contributed by atoms with E-state index in [1.165, 1.54) is 0 Å². The van der Waals surface area contributed by atoms with Crippen LogP contribution in [-0.4, -0.2) is 37.7 Å². The summed E-state index contributed by atoms with van der Waals surface area (Å²) in [5.41, 5.74) is 0. The lowest BCUT2D eigenvalue weighted by molar-refractivity contribution is 0.135. The molecule has 0 spiro atoms. The van der Waals surface area contributed by atoms with Gasteiger partial charge in [-0.3, -0.25) is 4.98 Å². The lowest BCUT2D eigenvalue weighted by Gasteiger charge is -1.80. The topological polar surface area (TPSA) is 163 Å². The average Bonchev–Trinajstić information content (AvgIpc) is 2.03. The fourth-order valence-corrected chi connectivity index (χ4v) is 0.613. The highest BCUT2D eigenvalue weighted by Crippen LogP contribution is 2.02. The summed E-state index contributed by atoms with van der Waals surface area (Å²) in [6.45, 7) is 0. The van der Waals surface area contributed by atoms with Crippen LogP contribution in [0.15, 0.2) is 29.0 Å². The Kier molecular flexibility index (Phi) is 16.1. The van der Waals surface area contributed by atoms with Gasteiger partial charge in [0.15, 0.2) is 0 Å². The predicted octanol–water partition coefficient (Wildman–Crippen LogP) is 2.45. The van der Waals surface area contributed by atoms with Crippen LogP contribution in [0.4, 0.5) is 9.59 Å². The molecule has 0 bridgehead atoms. The second-order valence-electron chi connectivity index (χ2n) is 1.74. The highest BCUT2D eigenvalue weighted by atomic mass is 79.9. The Bertz CT molecular complexity index is 274. The SMILES string of the molecule is Brc1cccnc1.N.O=C(O)O.O=C(O)O. The van der Waals surface area contributed by atoms with Gasteiger partial charge in [0.05, 0.1) is 0 Å². The Balaban J connectivity index is -0.000000166. The van der Waals surface area contributed by atoms with Gasteiger partial charge in [-0.2, -0.15) is 0 Å². The van der Waals surface area contributed by atoms with Crippen LogP contribution in [0.25, 0.3) is 0 Å². The largest absolute Gasteiger partial charge is 0.503 e. The molecule has 0 aliphatic heterocycles. The molecular formula is C7H11BrN2O6. The summed E-state index contributed by atoms with van der Waals surface area (Å²) in [6.07, 6.45) is -0.176. The molecule has 7 N–H and O–H groups in total. The molecular weight excluding hydrogens is 288 g/mol. The fourth-order valence-electron chi connectivity index (χ4n) is 0.342. The van der Waals surface area contributed by atoms with Crippen LogP contribution in [0.1, 0.15) is 0 Å². The smallest absolute Gasteiger partial charge is 0.450 e. The number of halogens is 1. The molecule has 0 saturated carbocycles. The molecule has 0 aliphatic carbocycles. The van der Waals surface area contributed by atoms with Crippen LogP contribution in [0, 0.1) is 0 Å². The molecule has 92 valence electrons. The average molecular weight is 299 g/mol. The number of carboxylic acid groups (broad SMARTS) is 4. The molecule has 0 fully saturated rings. The molecule has 0 aliphatic rings. The lowest BCUT2D eigenvalue weighted by Crippen LogP contribution is -1.81. The zero-order valence-electron chi connectivity index (χ0n) is 7.95. The summed E-state index contributed by atoms with van der Waals surface area (Å²) < 4.78 is 1.02. The van der Waals surface area contributed by atoms with E-state index >= 15 is 0 Å². The van der Waals surface area contributed by atoms with Crippen LogP contribution in [0.3, 0.4) is 0 Å². The third-order valence-corrected chi connectivity index (χ3v) is 1.09. The van der Waals surface area contributed by atoms with E-state index in [1.54, 1.807) is 12.4 Å². The van der Waals surface area contributed by atoms with Crippen LogP contribution in [0.5, 0.6) is 0 Å². The molecule has 0 unspecified atom stereocenters. The molecule has 8 nitrogen and oxygen atoms in total. The van der Waals surface area contributed by atoms with Gasteiger partial charge in [0.2, 0.25) is 0 Å². The predicted molar refractivity (Wildman–Crippen MR) is 58.3 cm³/mol. The van der Waals surface area contributed by atoms with Gasteiger partial charge < -0.3 is 26.6 Å². The maximum Gasteiger partial charge on any atom is 0.503 e. The monoisotopic (exact) mass is 298 g/mol. The van der Waals surface area contributed by atoms with Gasteiger partial charge in [-0.05, 0) is 28.1 Å². The van der Waals surface area contributed by atoms with Gasteiger partial charge in [0.1, 0.15) is 0 Å². The lowest BCUT2D eigenvalue weighted by atomic mass is 10.5. The highest BCUT2D eigenvalue weighted by molar-refractivity contribution is 9.10. The summed E-state index contributed by atoms with van der Waals surface area (Å²) in [5, 5.41) is 27.9. The molecule has 1 aromatic heterocycles. The number of aromatic nitrogens is 1. The van der Waals surface area contributed by atoms with Crippen molar-refractivity contribution in [1.82, 2.24) is 11.1 Å². The van der Waals surface area contributed by atoms with Crippen molar-refractivity contribution in [1.29, 1.82) is 0 Å². The van der Waals surface area contributed by atoms with Crippen molar-refractivity contribution >= 4 is 28.2 Å².